The lowest BCUT2D eigenvalue weighted by atomic mass is 10.1. The number of nitrogens with zero attached hydrogens (tertiary/aromatic N) is 1. The molecule has 1 aromatic carbocycles. The maximum absolute atomic E-state index is 13.1. The molecular formula is C13H18F2N2O. The van der Waals surface area contributed by atoms with E-state index in [0.717, 1.165) is 11.3 Å². The summed E-state index contributed by atoms with van der Waals surface area (Å²) < 4.78 is 31.7. The number of alkyl halides is 2. The molecule has 1 aliphatic rings. The summed E-state index contributed by atoms with van der Waals surface area (Å²) in [6, 6.07) is 5.34. The Hall–Kier alpha value is -1.36. The summed E-state index contributed by atoms with van der Waals surface area (Å²) in [5.41, 5.74) is 7.22. The molecule has 0 aliphatic carbocycles. The van der Waals surface area contributed by atoms with Crippen molar-refractivity contribution in [1.82, 2.24) is 4.90 Å². The molecule has 0 aromatic heterocycles. The highest BCUT2D eigenvalue weighted by Gasteiger charge is 2.38. The van der Waals surface area contributed by atoms with Gasteiger partial charge in [0.25, 0.3) is 5.92 Å². The van der Waals surface area contributed by atoms with Crippen LogP contribution in [-0.2, 0) is 6.54 Å². The van der Waals surface area contributed by atoms with E-state index in [2.05, 4.69) is 0 Å². The van der Waals surface area contributed by atoms with Crippen LogP contribution in [0.15, 0.2) is 18.2 Å². The lowest BCUT2D eigenvalue weighted by Gasteiger charge is -2.18. The SMILES string of the molecule is CCOc1ccc(N)cc1CN1CCC(F)(F)C1. The summed E-state index contributed by atoms with van der Waals surface area (Å²) in [4.78, 5) is 1.73. The summed E-state index contributed by atoms with van der Waals surface area (Å²) in [7, 11) is 0. The minimum Gasteiger partial charge on any atom is -0.494 e. The molecule has 0 radical (unpaired) electrons. The van der Waals surface area contributed by atoms with Crippen molar-refractivity contribution in [3.63, 3.8) is 0 Å². The number of ether oxygens (including phenoxy) is 1. The second-order valence-corrected chi connectivity index (χ2v) is 4.62. The first-order chi connectivity index (χ1) is 8.50. The van der Waals surface area contributed by atoms with Gasteiger partial charge in [0, 0.05) is 30.8 Å². The maximum Gasteiger partial charge on any atom is 0.261 e. The van der Waals surface area contributed by atoms with Crippen LogP contribution < -0.4 is 10.5 Å². The van der Waals surface area contributed by atoms with Gasteiger partial charge in [0.2, 0.25) is 0 Å². The molecule has 2 rings (SSSR count). The molecule has 1 fully saturated rings. The Kier molecular flexibility index (Phi) is 3.71. The number of nitrogen functional groups attached to an aromatic ring is 1. The number of likely N-dealkylation sites (tertiary alicyclic amines) is 1. The van der Waals surface area contributed by atoms with Crippen LogP contribution in [0.1, 0.15) is 18.9 Å². The Bertz CT molecular complexity index is 423. The molecule has 1 aliphatic heterocycles. The zero-order valence-electron chi connectivity index (χ0n) is 10.5. The Morgan fingerprint density at radius 1 is 1.44 bits per heavy atom. The minimum absolute atomic E-state index is 0.0702. The highest BCUT2D eigenvalue weighted by Crippen LogP contribution is 2.30. The highest BCUT2D eigenvalue weighted by molar-refractivity contribution is 5.47. The van der Waals surface area contributed by atoms with Gasteiger partial charge < -0.3 is 10.5 Å². The van der Waals surface area contributed by atoms with E-state index in [1.54, 1.807) is 23.1 Å². The van der Waals surface area contributed by atoms with Crippen LogP contribution in [0.2, 0.25) is 0 Å². The first-order valence-corrected chi connectivity index (χ1v) is 6.11. The van der Waals surface area contributed by atoms with Crippen LogP contribution in [0, 0.1) is 0 Å². The van der Waals surface area contributed by atoms with Gasteiger partial charge in [0.1, 0.15) is 5.75 Å². The molecular weight excluding hydrogens is 238 g/mol. The molecule has 2 N–H and O–H groups in total. The normalized spacial score (nSPS) is 19.1. The van der Waals surface area contributed by atoms with E-state index >= 15 is 0 Å². The van der Waals surface area contributed by atoms with E-state index in [0.29, 0.717) is 25.4 Å². The first-order valence-electron chi connectivity index (χ1n) is 6.11. The number of nitrogens with two attached hydrogens (primary N) is 1. The van der Waals surface area contributed by atoms with Crippen molar-refractivity contribution < 1.29 is 13.5 Å². The van der Waals surface area contributed by atoms with Crippen LogP contribution in [-0.4, -0.2) is 30.5 Å². The smallest absolute Gasteiger partial charge is 0.261 e. The van der Waals surface area contributed by atoms with E-state index in [1.165, 1.54) is 0 Å². The molecule has 0 saturated carbocycles. The van der Waals surface area contributed by atoms with Gasteiger partial charge in [-0.05, 0) is 25.1 Å². The van der Waals surface area contributed by atoms with E-state index in [-0.39, 0.29) is 13.0 Å². The minimum atomic E-state index is -2.56. The molecule has 3 nitrogen and oxygen atoms in total. The summed E-state index contributed by atoms with van der Waals surface area (Å²) in [6.07, 6.45) is -0.0702. The predicted molar refractivity (Wildman–Crippen MR) is 66.9 cm³/mol. The van der Waals surface area contributed by atoms with Gasteiger partial charge in [-0.25, -0.2) is 8.78 Å². The topological polar surface area (TPSA) is 38.5 Å². The molecule has 0 atom stereocenters. The monoisotopic (exact) mass is 256 g/mol. The Balaban J connectivity index is 2.10. The van der Waals surface area contributed by atoms with Crippen molar-refractivity contribution in [1.29, 1.82) is 0 Å². The zero-order valence-corrected chi connectivity index (χ0v) is 10.5. The third-order valence-corrected chi connectivity index (χ3v) is 3.03. The van der Waals surface area contributed by atoms with Gasteiger partial charge in [-0.3, -0.25) is 4.90 Å². The number of halogens is 2. The van der Waals surface area contributed by atoms with Crippen molar-refractivity contribution >= 4 is 5.69 Å². The van der Waals surface area contributed by atoms with Gasteiger partial charge in [0.15, 0.2) is 0 Å². The Morgan fingerprint density at radius 2 is 2.22 bits per heavy atom. The second kappa shape index (κ2) is 5.10. The average Bonchev–Trinajstić information content (AvgIpc) is 2.62. The Labute approximate surface area is 106 Å². The standard InChI is InChI=1S/C13H18F2N2O/c1-2-18-12-4-3-11(16)7-10(12)8-17-6-5-13(14,15)9-17/h3-4,7H,2,5-6,8-9,16H2,1H3. The quantitative estimate of drug-likeness (QED) is 0.841. The van der Waals surface area contributed by atoms with Crippen LogP contribution in [0.4, 0.5) is 14.5 Å². The van der Waals surface area contributed by atoms with Crippen LogP contribution in [0.3, 0.4) is 0 Å². The van der Waals surface area contributed by atoms with E-state index in [4.69, 9.17) is 10.5 Å². The van der Waals surface area contributed by atoms with Crippen molar-refractivity contribution in [2.75, 3.05) is 25.4 Å². The van der Waals surface area contributed by atoms with Crippen molar-refractivity contribution in [2.24, 2.45) is 0 Å². The fraction of sp³-hybridized carbons (Fsp3) is 0.538. The molecule has 0 bridgehead atoms. The molecule has 1 aromatic rings. The molecule has 5 heteroatoms. The number of anilines is 1. The van der Waals surface area contributed by atoms with Crippen molar-refractivity contribution in [2.45, 2.75) is 25.8 Å². The summed E-state index contributed by atoms with van der Waals surface area (Å²) in [5.74, 6) is -1.84. The van der Waals surface area contributed by atoms with Gasteiger partial charge >= 0.3 is 0 Å². The average molecular weight is 256 g/mol. The summed E-state index contributed by atoms with van der Waals surface area (Å²) in [6.45, 7) is 3.12. The van der Waals surface area contributed by atoms with Crippen LogP contribution in [0.25, 0.3) is 0 Å². The van der Waals surface area contributed by atoms with Gasteiger partial charge in [-0.2, -0.15) is 0 Å². The number of rotatable bonds is 4. The van der Waals surface area contributed by atoms with E-state index in [9.17, 15) is 8.78 Å². The number of hydrogen-bond donors (Lipinski definition) is 1. The molecule has 1 heterocycles. The zero-order chi connectivity index (χ0) is 13.2. The molecule has 100 valence electrons. The van der Waals surface area contributed by atoms with Crippen molar-refractivity contribution in [3.05, 3.63) is 23.8 Å². The van der Waals surface area contributed by atoms with Gasteiger partial charge in [-0.15, -0.1) is 0 Å². The van der Waals surface area contributed by atoms with Crippen LogP contribution >= 0.6 is 0 Å². The maximum atomic E-state index is 13.1. The number of benzene rings is 1. The predicted octanol–water partition coefficient (Wildman–Crippen LogP) is 2.51. The van der Waals surface area contributed by atoms with Crippen molar-refractivity contribution in [3.8, 4) is 5.75 Å². The molecule has 1 saturated heterocycles. The summed E-state index contributed by atoms with van der Waals surface area (Å²) >= 11 is 0. The van der Waals surface area contributed by atoms with E-state index in [1.807, 2.05) is 6.92 Å². The molecule has 18 heavy (non-hydrogen) atoms. The van der Waals surface area contributed by atoms with Gasteiger partial charge in [-0.1, -0.05) is 0 Å². The first kappa shape index (κ1) is 13.1. The molecule has 0 unspecified atom stereocenters. The van der Waals surface area contributed by atoms with E-state index < -0.39 is 5.92 Å². The van der Waals surface area contributed by atoms with Gasteiger partial charge in [0.05, 0.1) is 13.2 Å². The third-order valence-electron chi connectivity index (χ3n) is 3.03. The lowest BCUT2D eigenvalue weighted by molar-refractivity contribution is 0.0114. The summed E-state index contributed by atoms with van der Waals surface area (Å²) in [5, 5.41) is 0. The fourth-order valence-electron chi connectivity index (χ4n) is 2.20. The second-order valence-electron chi connectivity index (χ2n) is 4.62. The Morgan fingerprint density at radius 3 is 2.83 bits per heavy atom. The molecule has 0 amide bonds. The molecule has 0 spiro atoms. The third kappa shape index (κ3) is 3.10. The number of hydrogen-bond acceptors (Lipinski definition) is 3. The highest BCUT2D eigenvalue weighted by atomic mass is 19.3. The lowest BCUT2D eigenvalue weighted by Crippen LogP contribution is -2.25. The fourth-order valence-corrected chi connectivity index (χ4v) is 2.20. The van der Waals surface area contributed by atoms with Crippen LogP contribution in [0.5, 0.6) is 5.75 Å². The largest absolute Gasteiger partial charge is 0.494 e.